The van der Waals surface area contributed by atoms with E-state index >= 15 is 0 Å². The zero-order valence-electron chi connectivity index (χ0n) is 7.09. The number of aromatic nitrogens is 1. The molecule has 0 aromatic carbocycles. The molecule has 1 aromatic heterocycles. The average Bonchev–Trinajstić information content (AvgIpc) is 2.77. The first-order valence-corrected chi connectivity index (χ1v) is 4.21. The number of nitrogens with zero attached hydrogens (tertiary/aromatic N) is 1. The maximum absolute atomic E-state index is 4.25. The molecule has 0 spiro atoms. The third-order valence-corrected chi connectivity index (χ3v) is 2.52. The van der Waals surface area contributed by atoms with Crippen molar-refractivity contribution < 1.29 is 0 Å². The molecular formula is C10H13N. The van der Waals surface area contributed by atoms with Crippen LogP contribution in [0, 0.1) is 13.8 Å². The fourth-order valence-electron chi connectivity index (χ4n) is 1.50. The lowest BCUT2D eigenvalue weighted by atomic mass is 10.0. The van der Waals surface area contributed by atoms with Crippen LogP contribution in [-0.4, -0.2) is 4.98 Å². The molecule has 1 aromatic rings. The molecule has 0 amide bonds. The summed E-state index contributed by atoms with van der Waals surface area (Å²) >= 11 is 0. The van der Waals surface area contributed by atoms with E-state index < -0.39 is 0 Å². The van der Waals surface area contributed by atoms with Crippen molar-refractivity contribution in [3.8, 4) is 0 Å². The molecule has 1 heterocycles. The standard InChI is InChI=1S/C10H13N/c1-7-8(2)11-6-5-10(7)9-3-4-9/h5-6,9H,3-4H2,1-2H3. The zero-order valence-corrected chi connectivity index (χ0v) is 7.09. The minimum atomic E-state index is 0.858. The van der Waals surface area contributed by atoms with E-state index in [0.717, 1.165) is 5.92 Å². The van der Waals surface area contributed by atoms with E-state index in [1.165, 1.54) is 29.7 Å². The Morgan fingerprint density at radius 2 is 2.09 bits per heavy atom. The van der Waals surface area contributed by atoms with Crippen LogP contribution in [0.4, 0.5) is 0 Å². The molecule has 0 N–H and O–H groups in total. The molecular weight excluding hydrogens is 134 g/mol. The summed E-state index contributed by atoms with van der Waals surface area (Å²) in [6.45, 7) is 4.26. The van der Waals surface area contributed by atoms with E-state index in [1.54, 1.807) is 0 Å². The van der Waals surface area contributed by atoms with Gasteiger partial charge in [-0.05, 0) is 49.8 Å². The highest BCUT2D eigenvalue weighted by Gasteiger charge is 2.25. The molecule has 1 aliphatic carbocycles. The van der Waals surface area contributed by atoms with E-state index in [1.807, 2.05) is 6.20 Å². The minimum absolute atomic E-state index is 0.858. The SMILES string of the molecule is Cc1nccc(C2CC2)c1C. The Kier molecular flexibility index (Phi) is 1.45. The van der Waals surface area contributed by atoms with Gasteiger partial charge < -0.3 is 0 Å². The van der Waals surface area contributed by atoms with Crippen LogP contribution in [0.3, 0.4) is 0 Å². The van der Waals surface area contributed by atoms with E-state index in [4.69, 9.17) is 0 Å². The van der Waals surface area contributed by atoms with E-state index in [9.17, 15) is 0 Å². The predicted molar refractivity (Wildman–Crippen MR) is 45.7 cm³/mol. The lowest BCUT2D eigenvalue weighted by Gasteiger charge is -2.04. The van der Waals surface area contributed by atoms with Crippen LogP contribution in [0.2, 0.25) is 0 Å². The van der Waals surface area contributed by atoms with Crippen molar-refractivity contribution in [2.45, 2.75) is 32.6 Å². The van der Waals surface area contributed by atoms with Crippen LogP contribution >= 0.6 is 0 Å². The van der Waals surface area contributed by atoms with Crippen molar-refractivity contribution >= 4 is 0 Å². The van der Waals surface area contributed by atoms with Crippen LogP contribution < -0.4 is 0 Å². The van der Waals surface area contributed by atoms with Gasteiger partial charge >= 0.3 is 0 Å². The molecule has 1 fully saturated rings. The Labute approximate surface area is 67.5 Å². The molecule has 0 saturated heterocycles. The molecule has 1 heteroatoms. The van der Waals surface area contributed by atoms with Crippen molar-refractivity contribution in [3.63, 3.8) is 0 Å². The monoisotopic (exact) mass is 147 g/mol. The highest BCUT2D eigenvalue weighted by Crippen LogP contribution is 2.41. The number of hydrogen-bond donors (Lipinski definition) is 0. The fourth-order valence-corrected chi connectivity index (χ4v) is 1.50. The van der Waals surface area contributed by atoms with Gasteiger partial charge in [0.1, 0.15) is 0 Å². The van der Waals surface area contributed by atoms with Gasteiger partial charge in [0.25, 0.3) is 0 Å². The summed E-state index contributed by atoms with van der Waals surface area (Å²) in [6, 6.07) is 2.17. The predicted octanol–water partition coefficient (Wildman–Crippen LogP) is 2.58. The molecule has 0 radical (unpaired) electrons. The average molecular weight is 147 g/mol. The maximum Gasteiger partial charge on any atom is 0.0404 e. The topological polar surface area (TPSA) is 12.9 Å². The van der Waals surface area contributed by atoms with Crippen molar-refractivity contribution in [2.75, 3.05) is 0 Å². The Bertz CT molecular complexity index is 274. The molecule has 1 aliphatic rings. The van der Waals surface area contributed by atoms with Gasteiger partial charge in [-0.3, -0.25) is 4.98 Å². The molecule has 1 saturated carbocycles. The third kappa shape index (κ3) is 1.15. The van der Waals surface area contributed by atoms with Gasteiger partial charge in [-0.25, -0.2) is 0 Å². The van der Waals surface area contributed by atoms with Gasteiger partial charge in [0.2, 0.25) is 0 Å². The van der Waals surface area contributed by atoms with Gasteiger partial charge in [-0.2, -0.15) is 0 Å². The molecule has 1 nitrogen and oxygen atoms in total. The summed E-state index contributed by atoms with van der Waals surface area (Å²) in [6.07, 6.45) is 4.69. The van der Waals surface area contributed by atoms with Gasteiger partial charge in [0.05, 0.1) is 0 Å². The second-order valence-corrected chi connectivity index (χ2v) is 3.38. The van der Waals surface area contributed by atoms with Crippen molar-refractivity contribution in [2.24, 2.45) is 0 Å². The first-order chi connectivity index (χ1) is 5.29. The Hall–Kier alpha value is -0.850. The normalized spacial score (nSPS) is 16.9. The highest BCUT2D eigenvalue weighted by molar-refractivity contribution is 5.33. The van der Waals surface area contributed by atoms with Gasteiger partial charge in [-0.1, -0.05) is 0 Å². The second kappa shape index (κ2) is 2.33. The fraction of sp³-hybridized carbons (Fsp3) is 0.500. The number of hydrogen-bond acceptors (Lipinski definition) is 1. The molecule has 0 aliphatic heterocycles. The Balaban J connectivity index is 2.45. The van der Waals surface area contributed by atoms with Crippen LogP contribution in [0.25, 0.3) is 0 Å². The van der Waals surface area contributed by atoms with E-state index in [2.05, 4.69) is 24.9 Å². The minimum Gasteiger partial charge on any atom is -0.261 e. The summed E-state index contributed by atoms with van der Waals surface area (Å²) in [5, 5.41) is 0. The van der Waals surface area contributed by atoms with E-state index in [0.29, 0.717) is 0 Å². The van der Waals surface area contributed by atoms with Gasteiger partial charge in [0.15, 0.2) is 0 Å². The quantitative estimate of drug-likeness (QED) is 0.595. The number of rotatable bonds is 1. The van der Waals surface area contributed by atoms with Crippen molar-refractivity contribution in [3.05, 3.63) is 29.1 Å². The molecule has 2 rings (SSSR count). The first kappa shape index (κ1) is 6.84. The van der Waals surface area contributed by atoms with E-state index in [-0.39, 0.29) is 0 Å². The van der Waals surface area contributed by atoms with Crippen LogP contribution in [0.5, 0.6) is 0 Å². The maximum atomic E-state index is 4.25. The van der Waals surface area contributed by atoms with Crippen molar-refractivity contribution in [1.29, 1.82) is 0 Å². The van der Waals surface area contributed by atoms with Crippen molar-refractivity contribution in [1.82, 2.24) is 4.98 Å². The number of pyridine rings is 1. The van der Waals surface area contributed by atoms with Gasteiger partial charge in [-0.15, -0.1) is 0 Å². The highest BCUT2D eigenvalue weighted by atomic mass is 14.7. The molecule has 0 atom stereocenters. The summed E-state index contributed by atoms with van der Waals surface area (Å²) in [5.74, 6) is 0.858. The Morgan fingerprint density at radius 1 is 1.36 bits per heavy atom. The first-order valence-electron chi connectivity index (χ1n) is 4.21. The summed E-state index contributed by atoms with van der Waals surface area (Å²) in [7, 11) is 0. The van der Waals surface area contributed by atoms with Crippen LogP contribution in [-0.2, 0) is 0 Å². The lowest BCUT2D eigenvalue weighted by Crippen LogP contribution is -1.91. The molecule has 0 bridgehead atoms. The summed E-state index contributed by atoms with van der Waals surface area (Å²) in [5.41, 5.74) is 4.11. The van der Waals surface area contributed by atoms with Gasteiger partial charge in [0, 0.05) is 11.9 Å². The summed E-state index contributed by atoms with van der Waals surface area (Å²) in [4.78, 5) is 4.25. The van der Waals surface area contributed by atoms with Crippen LogP contribution in [0.15, 0.2) is 12.3 Å². The number of aryl methyl sites for hydroxylation is 1. The lowest BCUT2D eigenvalue weighted by molar-refractivity contribution is 1.04. The summed E-state index contributed by atoms with van der Waals surface area (Å²) < 4.78 is 0. The molecule has 58 valence electrons. The smallest absolute Gasteiger partial charge is 0.0404 e. The van der Waals surface area contributed by atoms with Crippen LogP contribution in [0.1, 0.15) is 35.6 Å². The zero-order chi connectivity index (χ0) is 7.84. The second-order valence-electron chi connectivity index (χ2n) is 3.38. The largest absolute Gasteiger partial charge is 0.261 e. The molecule has 11 heavy (non-hydrogen) atoms. The Morgan fingerprint density at radius 3 is 2.73 bits per heavy atom. The molecule has 0 unspecified atom stereocenters. The third-order valence-electron chi connectivity index (χ3n) is 2.52.